The highest BCUT2D eigenvalue weighted by Gasteiger charge is 2.14. The van der Waals surface area contributed by atoms with E-state index in [9.17, 15) is 4.39 Å². The molecule has 0 aliphatic carbocycles. The van der Waals surface area contributed by atoms with Gasteiger partial charge in [0.15, 0.2) is 5.11 Å². The number of pyridine rings is 1. The Kier molecular flexibility index (Phi) is 6.30. The number of hydrogen-bond donors (Lipinski definition) is 1. The highest BCUT2D eigenvalue weighted by Crippen LogP contribution is 2.17. The Morgan fingerprint density at radius 3 is 2.50 bits per heavy atom. The molecule has 0 radical (unpaired) electrons. The van der Waals surface area contributed by atoms with Crippen molar-refractivity contribution in [3.05, 3.63) is 94.5 Å². The molecular weight excluding hydrogens is 413 g/mol. The van der Waals surface area contributed by atoms with Crippen molar-refractivity contribution in [2.75, 3.05) is 5.32 Å². The molecule has 1 heterocycles. The van der Waals surface area contributed by atoms with Crippen molar-refractivity contribution in [1.82, 2.24) is 9.88 Å². The maximum Gasteiger partial charge on any atom is 0.174 e. The van der Waals surface area contributed by atoms with Crippen LogP contribution in [0.2, 0.25) is 0 Å². The monoisotopic (exact) mass is 429 g/mol. The summed E-state index contributed by atoms with van der Waals surface area (Å²) in [5, 5.41) is 3.75. The molecule has 0 spiro atoms. The van der Waals surface area contributed by atoms with E-state index in [0.29, 0.717) is 23.8 Å². The quantitative estimate of drug-likeness (QED) is 0.550. The lowest BCUT2D eigenvalue weighted by Crippen LogP contribution is -2.34. The van der Waals surface area contributed by atoms with Crippen molar-refractivity contribution in [2.45, 2.75) is 13.1 Å². The Hall–Kier alpha value is -2.31. The van der Waals surface area contributed by atoms with Crippen molar-refractivity contribution in [3.8, 4) is 0 Å². The van der Waals surface area contributed by atoms with E-state index < -0.39 is 0 Å². The lowest BCUT2D eigenvalue weighted by Gasteiger charge is -2.26. The molecule has 132 valence electrons. The van der Waals surface area contributed by atoms with Crippen LogP contribution in [0.3, 0.4) is 0 Å². The highest BCUT2D eigenvalue weighted by molar-refractivity contribution is 9.10. The minimum absolute atomic E-state index is 0.241. The summed E-state index contributed by atoms with van der Waals surface area (Å²) in [5.41, 5.74) is 2.48. The predicted octanol–water partition coefficient (Wildman–Crippen LogP) is 5.38. The molecule has 0 aliphatic heterocycles. The molecule has 0 bridgehead atoms. The summed E-state index contributed by atoms with van der Waals surface area (Å²) in [4.78, 5) is 6.07. The normalized spacial score (nSPS) is 10.4. The van der Waals surface area contributed by atoms with Crippen LogP contribution in [0.25, 0.3) is 0 Å². The third kappa shape index (κ3) is 5.09. The van der Waals surface area contributed by atoms with Gasteiger partial charge in [-0.1, -0.05) is 40.2 Å². The molecule has 1 N–H and O–H groups in total. The van der Waals surface area contributed by atoms with Crippen LogP contribution in [0.4, 0.5) is 10.1 Å². The van der Waals surface area contributed by atoms with Gasteiger partial charge in [-0.15, -0.1) is 0 Å². The summed E-state index contributed by atoms with van der Waals surface area (Å²) >= 11 is 9.01. The summed E-state index contributed by atoms with van der Waals surface area (Å²) in [5.74, 6) is -0.241. The molecule has 0 fully saturated rings. The van der Waals surface area contributed by atoms with Crippen LogP contribution in [-0.2, 0) is 13.1 Å². The van der Waals surface area contributed by atoms with Gasteiger partial charge >= 0.3 is 0 Å². The van der Waals surface area contributed by atoms with Crippen LogP contribution < -0.4 is 5.32 Å². The fraction of sp³-hybridized carbons (Fsp3) is 0.100. The lowest BCUT2D eigenvalue weighted by atomic mass is 10.2. The molecule has 2 aromatic carbocycles. The molecule has 0 atom stereocenters. The van der Waals surface area contributed by atoms with Gasteiger partial charge < -0.3 is 10.2 Å². The average Bonchev–Trinajstić information content (AvgIpc) is 2.65. The van der Waals surface area contributed by atoms with Gasteiger partial charge in [0.1, 0.15) is 5.82 Å². The van der Waals surface area contributed by atoms with Crippen LogP contribution in [-0.4, -0.2) is 15.0 Å². The second kappa shape index (κ2) is 8.87. The number of nitrogens with zero attached hydrogens (tertiary/aromatic N) is 2. The second-order valence-corrected chi connectivity index (χ2v) is 7.05. The van der Waals surface area contributed by atoms with Crippen LogP contribution >= 0.6 is 28.1 Å². The fourth-order valence-corrected chi connectivity index (χ4v) is 2.99. The number of nitrogens with one attached hydrogen (secondary N) is 1. The van der Waals surface area contributed by atoms with Crippen LogP contribution in [0, 0.1) is 5.82 Å². The van der Waals surface area contributed by atoms with Gasteiger partial charge in [0, 0.05) is 41.2 Å². The van der Waals surface area contributed by atoms with Gasteiger partial charge in [0.25, 0.3) is 0 Å². The number of hydrogen-bond acceptors (Lipinski definition) is 2. The van der Waals surface area contributed by atoms with E-state index >= 15 is 0 Å². The van der Waals surface area contributed by atoms with Crippen molar-refractivity contribution in [3.63, 3.8) is 0 Å². The first kappa shape index (κ1) is 18.5. The van der Waals surface area contributed by atoms with E-state index in [1.54, 1.807) is 24.5 Å². The Balaban J connectivity index is 1.80. The molecular formula is C20H17BrFN3S. The van der Waals surface area contributed by atoms with Crippen molar-refractivity contribution in [2.24, 2.45) is 0 Å². The Labute approximate surface area is 166 Å². The van der Waals surface area contributed by atoms with Crippen molar-refractivity contribution in [1.29, 1.82) is 0 Å². The van der Waals surface area contributed by atoms with E-state index in [1.165, 1.54) is 6.07 Å². The maximum absolute atomic E-state index is 14.1. The van der Waals surface area contributed by atoms with Crippen molar-refractivity contribution < 1.29 is 4.39 Å². The standard InChI is InChI=1S/C20H17BrFN3S/c21-17-7-9-18(10-8-17)24-20(26)25(13-15-4-3-11-23-12-15)14-16-5-1-2-6-19(16)22/h1-12H,13-14H2,(H,24,26). The molecule has 0 aliphatic rings. The van der Waals surface area contributed by atoms with Crippen LogP contribution in [0.1, 0.15) is 11.1 Å². The Morgan fingerprint density at radius 2 is 1.81 bits per heavy atom. The third-order valence-corrected chi connectivity index (χ3v) is 4.69. The zero-order valence-corrected chi connectivity index (χ0v) is 16.3. The first-order valence-electron chi connectivity index (χ1n) is 8.05. The number of anilines is 1. The first-order chi connectivity index (χ1) is 12.6. The van der Waals surface area contributed by atoms with Gasteiger partial charge in [0.2, 0.25) is 0 Å². The first-order valence-corrected chi connectivity index (χ1v) is 9.26. The molecule has 0 amide bonds. The molecule has 0 saturated heterocycles. The van der Waals surface area contributed by atoms with Gasteiger partial charge in [-0.3, -0.25) is 4.98 Å². The third-order valence-electron chi connectivity index (χ3n) is 3.80. The van der Waals surface area contributed by atoms with E-state index in [1.807, 2.05) is 47.4 Å². The topological polar surface area (TPSA) is 28.2 Å². The molecule has 1 aromatic heterocycles. The minimum Gasteiger partial charge on any atom is -0.340 e. The van der Waals surface area contributed by atoms with Gasteiger partial charge in [0.05, 0.1) is 0 Å². The van der Waals surface area contributed by atoms with E-state index in [2.05, 4.69) is 26.2 Å². The molecule has 6 heteroatoms. The maximum atomic E-state index is 14.1. The summed E-state index contributed by atoms with van der Waals surface area (Å²) in [6.45, 7) is 0.897. The van der Waals surface area contributed by atoms with Gasteiger partial charge in [-0.2, -0.15) is 0 Å². The number of rotatable bonds is 5. The van der Waals surface area contributed by atoms with Crippen LogP contribution in [0.15, 0.2) is 77.5 Å². The number of aromatic nitrogens is 1. The number of halogens is 2. The second-order valence-electron chi connectivity index (χ2n) is 5.75. The molecule has 3 rings (SSSR count). The molecule has 3 aromatic rings. The Bertz CT molecular complexity index is 872. The average molecular weight is 430 g/mol. The van der Waals surface area contributed by atoms with E-state index in [4.69, 9.17) is 12.2 Å². The zero-order valence-electron chi connectivity index (χ0n) is 13.9. The SMILES string of the molecule is Fc1ccccc1CN(Cc1cccnc1)C(=S)Nc1ccc(Br)cc1. The lowest BCUT2D eigenvalue weighted by molar-refractivity contribution is 0.402. The van der Waals surface area contributed by atoms with Gasteiger partial charge in [-0.25, -0.2) is 4.39 Å². The minimum atomic E-state index is -0.241. The number of thiocarbonyl (C=S) groups is 1. The molecule has 0 unspecified atom stereocenters. The summed E-state index contributed by atoms with van der Waals surface area (Å²) in [7, 11) is 0. The smallest absolute Gasteiger partial charge is 0.174 e. The summed E-state index contributed by atoms with van der Waals surface area (Å²) in [6.07, 6.45) is 3.51. The molecule has 26 heavy (non-hydrogen) atoms. The van der Waals surface area contributed by atoms with Crippen LogP contribution in [0.5, 0.6) is 0 Å². The van der Waals surface area contributed by atoms with Crippen molar-refractivity contribution >= 4 is 38.9 Å². The molecule has 0 saturated carbocycles. The summed E-state index contributed by atoms with van der Waals surface area (Å²) in [6, 6.07) is 18.3. The van der Waals surface area contributed by atoms with E-state index in [-0.39, 0.29) is 5.82 Å². The van der Waals surface area contributed by atoms with Gasteiger partial charge in [-0.05, 0) is 54.2 Å². The predicted molar refractivity (Wildman–Crippen MR) is 110 cm³/mol. The zero-order chi connectivity index (χ0) is 18.4. The number of benzene rings is 2. The largest absolute Gasteiger partial charge is 0.340 e. The fourth-order valence-electron chi connectivity index (χ4n) is 2.48. The molecule has 3 nitrogen and oxygen atoms in total. The summed E-state index contributed by atoms with van der Waals surface area (Å²) < 4.78 is 15.1. The highest BCUT2D eigenvalue weighted by atomic mass is 79.9. The Morgan fingerprint density at radius 1 is 1.04 bits per heavy atom. The van der Waals surface area contributed by atoms with E-state index in [0.717, 1.165) is 15.7 Å².